The molecule has 0 atom stereocenters. The van der Waals surface area contributed by atoms with Gasteiger partial charge in [-0.3, -0.25) is 0 Å². The average molecular weight is 290 g/mol. The highest BCUT2D eigenvalue weighted by molar-refractivity contribution is 6.01. The Hall–Kier alpha value is -2.04. The minimum atomic E-state index is -1.03. The van der Waals surface area contributed by atoms with E-state index in [0.717, 1.165) is 12.8 Å². The van der Waals surface area contributed by atoms with E-state index in [1.165, 1.54) is 0 Å². The van der Waals surface area contributed by atoms with Gasteiger partial charge in [-0.2, -0.15) is 0 Å². The fraction of sp³-hybridized carbons (Fsp3) is 0.500. The Balaban J connectivity index is 2.17. The monoisotopic (exact) mass is 290 g/mol. The standard InChI is InChI=1S/C16H22N2O3/c1-11-6-4-7-12(13(11)14(19)20)17-15(21)18-9-5-8-16(2,3)10-18/h4,6-7H,5,8-10H2,1-3H3,(H,17,21)(H,19,20). The van der Waals surface area contributed by atoms with E-state index in [2.05, 4.69) is 19.2 Å². The molecule has 21 heavy (non-hydrogen) atoms. The Bertz CT molecular complexity index is 567. The number of carboxylic acids is 1. The largest absolute Gasteiger partial charge is 0.478 e. The number of hydrogen-bond donors (Lipinski definition) is 2. The summed E-state index contributed by atoms with van der Waals surface area (Å²) in [7, 11) is 0. The molecule has 0 unspecified atom stereocenters. The van der Waals surface area contributed by atoms with Crippen LogP contribution in [0.1, 0.15) is 42.6 Å². The number of carbonyl (C=O) groups excluding carboxylic acids is 1. The van der Waals surface area contributed by atoms with Crippen LogP contribution in [0.4, 0.5) is 10.5 Å². The van der Waals surface area contributed by atoms with Gasteiger partial charge in [-0.1, -0.05) is 26.0 Å². The summed E-state index contributed by atoms with van der Waals surface area (Å²) in [6.07, 6.45) is 2.07. The van der Waals surface area contributed by atoms with E-state index in [-0.39, 0.29) is 17.0 Å². The number of urea groups is 1. The normalized spacial score (nSPS) is 17.4. The molecule has 0 saturated carbocycles. The molecular formula is C16H22N2O3. The van der Waals surface area contributed by atoms with Crippen molar-refractivity contribution in [2.45, 2.75) is 33.6 Å². The number of amides is 2. The van der Waals surface area contributed by atoms with E-state index in [9.17, 15) is 14.7 Å². The van der Waals surface area contributed by atoms with Crippen LogP contribution in [-0.2, 0) is 0 Å². The summed E-state index contributed by atoms with van der Waals surface area (Å²) in [5.41, 5.74) is 1.26. The zero-order chi connectivity index (χ0) is 15.6. The molecule has 0 radical (unpaired) electrons. The third kappa shape index (κ3) is 3.54. The van der Waals surface area contributed by atoms with Gasteiger partial charge in [-0.15, -0.1) is 0 Å². The van der Waals surface area contributed by atoms with E-state index in [4.69, 9.17) is 0 Å². The SMILES string of the molecule is Cc1cccc(NC(=O)N2CCCC(C)(C)C2)c1C(=O)O. The first-order valence-corrected chi connectivity index (χ1v) is 7.19. The molecular weight excluding hydrogens is 268 g/mol. The van der Waals surface area contributed by atoms with Crippen molar-refractivity contribution in [3.05, 3.63) is 29.3 Å². The first-order valence-electron chi connectivity index (χ1n) is 7.19. The van der Waals surface area contributed by atoms with Crippen molar-refractivity contribution in [2.75, 3.05) is 18.4 Å². The smallest absolute Gasteiger partial charge is 0.338 e. The van der Waals surface area contributed by atoms with Crippen molar-refractivity contribution in [1.29, 1.82) is 0 Å². The molecule has 0 spiro atoms. The second kappa shape index (κ2) is 5.76. The van der Waals surface area contributed by atoms with Crippen LogP contribution in [0.2, 0.25) is 0 Å². The molecule has 5 nitrogen and oxygen atoms in total. The maximum atomic E-state index is 12.4. The third-order valence-electron chi connectivity index (χ3n) is 3.92. The Morgan fingerprint density at radius 1 is 1.33 bits per heavy atom. The molecule has 1 aliphatic rings. The van der Waals surface area contributed by atoms with E-state index >= 15 is 0 Å². The molecule has 2 amide bonds. The number of hydrogen-bond acceptors (Lipinski definition) is 2. The molecule has 0 bridgehead atoms. The van der Waals surface area contributed by atoms with Gasteiger partial charge in [0.1, 0.15) is 0 Å². The van der Waals surface area contributed by atoms with Crippen LogP contribution in [0.15, 0.2) is 18.2 Å². The van der Waals surface area contributed by atoms with Gasteiger partial charge in [0.05, 0.1) is 11.3 Å². The highest BCUT2D eigenvalue weighted by Crippen LogP contribution is 2.29. The molecule has 114 valence electrons. The summed E-state index contributed by atoms with van der Waals surface area (Å²) in [4.78, 5) is 25.5. The number of nitrogens with one attached hydrogen (secondary N) is 1. The third-order valence-corrected chi connectivity index (χ3v) is 3.92. The van der Waals surface area contributed by atoms with Crippen LogP contribution in [-0.4, -0.2) is 35.1 Å². The van der Waals surface area contributed by atoms with E-state index in [1.54, 1.807) is 30.0 Å². The van der Waals surface area contributed by atoms with Gasteiger partial charge in [0.25, 0.3) is 0 Å². The van der Waals surface area contributed by atoms with Crippen molar-refractivity contribution < 1.29 is 14.7 Å². The van der Waals surface area contributed by atoms with E-state index < -0.39 is 5.97 Å². The molecule has 2 rings (SSSR count). The van der Waals surface area contributed by atoms with Gasteiger partial charge in [0, 0.05) is 13.1 Å². The zero-order valence-corrected chi connectivity index (χ0v) is 12.8. The van der Waals surface area contributed by atoms with Crippen molar-refractivity contribution >= 4 is 17.7 Å². The first kappa shape index (κ1) is 15.4. The topological polar surface area (TPSA) is 69.6 Å². The number of anilines is 1. The number of piperidine rings is 1. The quantitative estimate of drug-likeness (QED) is 0.877. The van der Waals surface area contributed by atoms with Crippen molar-refractivity contribution in [3.63, 3.8) is 0 Å². The first-order chi connectivity index (χ1) is 9.80. The Morgan fingerprint density at radius 2 is 2.05 bits per heavy atom. The lowest BCUT2D eigenvalue weighted by Gasteiger charge is -2.38. The van der Waals surface area contributed by atoms with E-state index in [1.807, 2.05) is 0 Å². The van der Waals surface area contributed by atoms with Gasteiger partial charge >= 0.3 is 12.0 Å². The van der Waals surface area contributed by atoms with Crippen LogP contribution in [0.3, 0.4) is 0 Å². The minimum Gasteiger partial charge on any atom is -0.478 e. The van der Waals surface area contributed by atoms with Crippen LogP contribution in [0.5, 0.6) is 0 Å². The molecule has 1 fully saturated rings. The van der Waals surface area contributed by atoms with Crippen LogP contribution in [0.25, 0.3) is 0 Å². The molecule has 0 aliphatic carbocycles. The lowest BCUT2D eigenvalue weighted by atomic mass is 9.84. The summed E-state index contributed by atoms with van der Waals surface area (Å²) in [5.74, 6) is -1.03. The highest BCUT2D eigenvalue weighted by atomic mass is 16.4. The van der Waals surface area contributed by atoms with E-state index in [0.29, 0.717) is 24.3 Å². The van der Waals surface area contributed by atoms with Gasteiger partial charge in [0.15, 0.2) is 0 Å². The maximum Gasteiger partial charge on any atom is 0.338 e. The lowest BCUT2D eigenvalue weighted by Crippen LogP contribution is -2.45. The summed E-state index contributed by atoms with van der Waals surface area (Å²) in [5, 5.41) is 12.0. The Labute approximate surface area is 125 Å². The number of carboxylic acid groups (broad SMARTS) is 1. The van der Waals surface area contributed by atoms with Crippen LogP contribution < -0.4 is 5.32 Å². The van der Waals surface area contributed by atoms with Crippen LogP contribution >= 0.6 is 0 Å². The molecule has 1 aromatic carbocycles. The second-order valence-electron chi connectivity index (χ2n) is 6.42. The number of rotatable bonds is 2. The van der Waals surface area contributed by atoms with Gasteiger partial charge in [-0.25, -0.2) is 9.59 Å². The van der Waals surface area contributed by atoms with Crippen LogP contribution in [0, 0.1) is 12.3 Å². The second-order valence-corrected chi connectivity index (χ2v) is 6.42. The molecule has 1 saturated heterocycles. The fourth-order valence-electron chi connectivity index (χ4n) is 2.85. The molecule has 2 N–H and O–H groups in total. The van der Waals surface area contributed by atoms with Gasteiger partial charge < -0.3 is 15.3 Å². The minimum absolute atomic E-state index is 0.109. The van der Waals surface area contributed by atoms with Gasteiger partial charge in [0.2, 0.25) is 0 Å². The Morgan fingerprint density at radius 3 is 2.67 bits per heavy atom. The number of likely N-dealkylation sites (tertiary alicyclic amines) is 1. The number of nitrogens with zero attached hydrogens (tertiary/aromatic N) is 1. The summed E-state index contributed by atoms with van der Waals surface area (Å²) in [6.45, 7) is 7.41. The molecule has 5 heteroatoms. The number of benzene rings is 1. The molecule has 1 heterocycles. The number of aryl methyl sites for hydroxylation is 1. The number of carbonyl (C=O) groups is 2. The summed E-state index contributed by atoms with van der Waals surface area (Å²) < 4.78 is 0. The molecule has 1 aliphatic heterocycles. The Kier molecular flexibility index (Phi) is 4.21. The fourth-order valence-corrected chi connectivity index (χ4v) is 2.85. The van der Waals surface area contributed by atoms with Crippen molar-refractivity contribution in [1.82, 2.24) is 4.90 Å². The zero-order valence-electron chi connectivity index (χ0n) is 12.8. The summed E-state index contributed by atoms with van der Waals surface area (Å²) >= 11 is 0. The molecule has 0 aromatic heterocycles. The average Bonchev–Trinajstić information content (AvgIpc) is 2.37. The van der Waals surface area contributed by atoms with Crippen molar-refractivity contribution in [2.24, 2.45) is 5.41 Å². The predicted molar refractivity (Wildman–Crippen MR) is 81.7 cm³/mol. The number of aromatic carboxylic acids is 1. The van der Waals surface area contributed by atoms with Crippen molar-refractivity contribution in [3.8, 4) is 0 Å². The lowest BCUT2D eigenvalue weighted by molar-refractivity contribution is 0.0697. The predicted octanol–water partition coefficient (Wildman–Crippen LogP) is 3.35. The van der Waals surface area contributed by atoms with Gasteiger partial charge in [-0.05, 0) is 36.8 Å². The summed E-state index contributed by atoms with van der Waals surface area (Å²) in [6, 6.07) is 4.88. The molecule has 1 aromatic rings. The highest BCUT2D eigenvalue weighted by Gasteiger charge is 2.29. The maximum absolute atomic E-state index is 12.4.